The summed E-state index contributed by atoms with van der Waals surface area (Å²) in [7, 11) is 0. The highest BCUT2D eigenvalue weighted by molar-refractivity contribution is 9.10. The van der Waals surface area contributed by atoms with Crippen LogP contribution in [0.15, 0.2) is 22.7 Å². The fourth-order valence-corrected chi connectivity index (χ4v) is 2.95. The van der Waals surface area contributed by atoms with Crippen LogP contribution in [0.3, 0.4) is 0 Å². The molecule has 1 amide bonds. The molecule has 20 heavy (non-hydrogen) atoms. The van der Waals surface area contributed by atoms with Crippen molar-refractivity contribution in [2.45, 2.75) is 26.3 Å². The Morgan fingerprint density at radius 2 is 2.30 bits per heavy atom. The average molecular weight is 340 g/mol. The summed E-state index contributed by atoms with van der Waals surface area (Å²) in [6.07, 6.45) is 1.15. The molecule has 110 valence electrons. The molecule has 0 spiro atoms. The summed E-state index contributed by atoms with van der Waals surface area (Å²) in [5.74, 6) is 0.455. The molecule has 1 fully saturated rings. The summed E-state index contributed by atoms with van der Waals surface area (Å²) in [4.78, 5) is 14.6. The predicted octanol–water partition coefficient (Wildman–Crippen LogP) is 2.49. The monoisotopic (exact) mass is 339 g/mol. The Morgan fingerprint density at radius 3 is 2.90 bits per heavy atom. The maximum absolute atomic E-state index is 12.1. The number of hydrogen-bond donors (Lipinski definition) is 2. The molecule has 2 rings (SSSR count). The largest absolute Gasteiger partial charge is 0.398 e. The van der Waals surface area contributed by atoms with E-state index in [4.69, 9.17) is 5.73 Å². The summed E-state index contributed by atoms with van der Waals surface area (Å²) >= 11 is 3.34. The number of nitrogens with zero attached hydrogens (tertiary/aromatic N) is 1. The molecule has 0 bridgehead atoms. The first-order chi connectivity index (χ1) is 9.47. The Hall–Kier alpha value is -1.07. The lowest BCUT2D eigenvalue weighted by molar-refractivity contribution is 0.0948. The Labute approximate surface area is 128 Å². The number of carbonyl (C=O) groups is 1. The molecule has 0 aromatic heterocycles. The Morgan fingerprint density at radius 1 is 1.55 bits per heavy atom. The predicted molar refractivity (Wildman–Crippen MR) is 85.7 cm³/mol. The van der Waals surface area contributed by atoms with Crippen LogP contribution in [-0.2, 0) is 0 Å². The highest BCUT2D eigenvalue weighted by Crippen LogP contribution is 2.20. The van der Waals surface area contributed by atoms with E-state index >= 15 is 0 Å². The van der Waals surface area contributed by atoms with Gasteiger partial charge in [-0.3, -0.25) is 4.79 Å². The van der Waals surface area contributed by atoms with Gasteiger partial charge in [-0.05, 0) is 50.9 Å². The zero-order chi connectivity index (χ0) is 14.7. The fraction of sp³-hybridized carbons (Fsp3) is 0.533. The first-order valence-electron chi connectivity index (χ1n) is 7.04. The third-order valence-electron chi connectivity index (χ3n) is 3.86. The van der Waals surface area contributed by atoms with E-state index < -0.39 is 0 Å². The SMILES string of the molecule is CC(C)N1CCC(CNC(=O)c2ccc(Br)cc2N)C1. The molecular formula is C15H22BrN3O. The third kappa shape index (κ3) is 3.73. The highest BCUT2D eigenvalue weighted by atomic mass is 79.9. The zero-order valence-corrected chi connectivity index (χ0v) is 13.6. The smallest absolute Gasteiger partial charge is 0.253 e. The minimum absolute atomic E-state index is 0.0852. The van der Waals surface area contributed by atoms with Crippen molar-refractivity contribution in [1.29, 1.82) is 0 Å². The van der Waals surface area contributed by atoms with Crippen molar-refractivity contribution in [3.05, 3.63) is 28.2 Å². The van der Waals surface area contributed by atoms with Crippen molar-refractivity contribution in [1.82, 2.24) is 10.2 Å². The van der Waals surface area contributed by atoms with Crippen molar-refractivity contribution in [3.63, 3.8) is 0 Å². The molecule has 1 aromatic carbocycles. The van der Waals surface area contributed by atoms with Crippen LogP contribution in [0.4, 0.5) is 5.69 Å². The molecule has 4 nitrogen and oxygen atoms in total. The maximum Gasteiger partial charge on any atom is 0.253 e. The van der Waals surface area contributed by atoms with Gasteiger partial charge in [0, 0.05) is 29.3 Å². The van der Waals surface area contributed by atoms with Crippen molar-refractivity contribution in [2.75, 3.05) is 25.4 Å². The lowest BCUT2D eigenvalue weighted by Crippen LogP contribution is -2.33. The van der Waals surface area contributed by atoms with E-state index in [0.29, 0.717) is 23.2 Å². The van der Waals surface area contributed by atoms with Gasteiger partial charge in [-0.2, -0.15) is 0 Å². The van der Waals surface area contributed by atoms with Gasteiger partial charge in [-0.1, -0.05) is 15.9 Å². The molecule has 1 aliphatic heterocycles. The van der Waals surface area contributed by atoms with Crippen molar-refractivity contribution in [2.24, 2.45) is 5.92 Å². The van der Waals surface area contributed by atoms with E-state index in [0.717, 1.165) is 30.5 Å². The Balaban J connectivity index is 1.87. The lowest BCUT2D eigenvalue weighted by Gasteiger charge is -2.20. The van der Waals surface area contributed by atoms with E-state index in [2.05, 4.69) is 40.0 Å². The van der Waals surface area contributed by atoms with Crippen LogP contribution in [0.25, 0.3) is 0 Å². The summed E-state index contributed by atoms with van der Waals surface area (Å²) in [5, 5.41) is 3.00. The van der Waals surface area contributed by atoms with Crippen LogP contribution in [0.2, 0.25) is 0 Å². The van der Waals surface area contributed by atoms with E-state index in [1.54, 1.807) is 12.1 Å². The number of benzene rings is 1. The van der Waals surface area contributed by atoms with Gasteiger partial charge in [0.05, 0.1) is 5.56 Å². The molecule has 0 aliphatic carbocycles. The normalized spacial score (nSPS) is 19.5. The molecular weight excluding hydrogens is 318 g/mol. The first kappa shape index (κ1) is 15.3. The topological polar surface area (TPSA) is 58.4 Å². The number of anilines is 1. The first-order valence-corrected chi connectivity index (χ1v) is 7.84. The molecule has 1 aromatic rings. The minimum atomic E-state index is -0.0852. The number of nitrogen functional groups attached to an aromatic ring is 1. The molecule has 5 heteroatoms. The van der Waals surface area contributed by atoms with Crippen molar-refractivity contribution < 1.29 is 4.79 Å². The van der Waals surface area contributed by atoms with E-state index in [9.17, 15) is 4.79 Å². The van der Waals surface area contributed by atoms with Crippen molar-refractivity contribution >= 4 is 27.5 Å². The van der Waals surface area contributed by atoms with Gasteiger partial charge in [0.25, 0.3) is 5.91 Å². The summed E-state index contributed by atoms with van der Waals surface area (Å²) in [6, 6.07) is 5.92. The van der Waals surface area contributed by atoms with Crippen LogP contribution in [0, 0.1) is 5.92 Å². The molecule has 1 aliphatic rings. The van der Waals surface area contributed by atoms with Gasteiger partial charge in [-0.15, -0.1) is 0 Å². The van der Waals surface area contributed by atoms with Crippen LogP contribution in [-0.4, -0.2) is 36.5 Å². The lowest BCUT2D eigenvalue weighted by atomic mass is 10.1. The van der Waals surface area contributed by atoms with Crippen LogP contribution in [0.1, 0.15) is 30.6 Å². The number of rotatable bonds is 4. The number of hydrogen-bond acceptors (Lipinski definition) is 3. The van der Waals surface area contributed by atoms with E-state index in [-0.39, 0.29) is 5.91 Å². The number of halogens is 1. The third-order valence-corrected chi connectivity index (χ3v) is 4.35. The summed E-state index contributed by atoms with van der Waals surface area (Å²) < 4.78 is 0.884. The molecule has 1 saturated heterocycles. The van der Waals surface area contributed by atoms with Gasteiger partial charge in [0.2, 0.25) is 0 Å². The van der Waals surface area contributed by atoms with Gasteiger partial charge >= 0.3 is 0 Å². The number of nitrogens with one attached hydrogen (secondary N) is 1. The maximum atomic E-state index is 12.1. The number of nitrogens with two attached hydrogens (primary N) is 1. The van der Waals surface area contributed by atoms with Crippen LogP contribution < -0.4 is 11.1 Å². The summed E-state index contributed by atoms with van der Waals surface area (Å²) in [6.45, 7) is 7.33. The summed E-state index contributed by atoms with van der Waals surface area (Å²) in [5.41, 5.74) is 6.92. The van der Waals surface area contributed by atoms with E-state index in [1.165, 1.54) is 0 Å². The number of carbonyl (C=O) groups excluding carboxylic acids is 1. The van der Waals surface area contributed by atoms with Crippen LogP contribution in [0.5, 0.6) is 0 Å². The average Bonchev–Trinajstić information content (AvgIpc) is 2.85. The molecule has 3 N–H and O–H groups in total. The number of amides is 1. The second kappa shape index (κ2) is 6.59. The second-order valence-corrected chi connectivity index (χ2v) is 6.60. The Bertz CT molecular complexity index is 490. The number of likely N-dealkylation sites (tertiary alicyclic amines) is 1. The molecule has 0 saturated carbocycles. The highest BCUT2D eigenvalue weighted by Gasteiger charge is 2.24. The molecule has 1 heterocycles. The molecule has 1 atom stereocenters. The minimum Gasteiger partial charge on any atom is -0.398 e. The second-order valence-electron chi connectivity index (χ2n) is 5.68. The van der Waals surface area contributed by atoms with E-state index in [1.807, 2.05) is 6.07 Å². The zero-order valence-electron chi connectivity index (χ0n) is 12.0. The standard InChI is InChI=1S/C15H22BrN3O/c1-10(2)19-6-5-11(9-19)8-18-15(20)13-4-3-12(16)7-14(13)17/h3-4,7,10-11H,5-6,8-9,17H2,1-2H3,(H,18,20). The Kier molecular flexibility index (Phi) is 5.05. The van der Waals surface area contributed by atoms with Gasteiger partial charge in [0.1, 0.15) is 0 Å². The molecule has 0 radical (unpaired) electrons. The fourth-order valence-electron chi connectivity index (χ4n) is 2.57. The van der Waals surface area contributed by atoms with Gasteiger partial charge in [-0.25, -0.2) is 0 Å². The van der Waals surface area contributed by atoms with Gasteiger partial charge in [0.15, 0.2) is 0 Å². The molecule has 1 unspecified atom stereocenters. The van der Waals surface area contributed by atoms with Crippen LogP contribution >= 0.6 is 15.9 Å². The van der Waals surface area contributed by atoms with Gasteiger partial charge < -0.3 is 16.0 Å². The quantitative estimate of drug-likeness (QED) is 0.828. The van der Waals surface area contributed by atoms with Crippen molar-refractivity contribution in [3.8, 4) is 0 Å².